The molecule has 1 aliphatic rings. The molecule has 0 unspecified atom stereocenters. The first-order chi connectivity index (χ1) is 10.0. The highest BCUT2D eigenvalue weighted by Crippen LogP contribution is 2.27. The fraction of sp³-hybridized carbons (Fsp3) is 0.125. The smallest absolute Gasteiger partial charge is 0.224 e. The third kappa shape index (κ3) is 2.62. The fourth-order valence-corrected chi connectivity index (χ4v) is 2.67. The lowest BCUT2D eigenvalue weighted by molar-refractivity contribution is -0.116. The highest BCUT2D eigenvalue weighted by Gasteiger charge is 2.18. The minimum absolute atomic E-state index is 0.00292. The van der Waals surface area contributed by atoms with Gasteiger partial charge in [-0.1, -0.05) is 11.6 Å². The molecule has 4 nitrogen and oxygen atoms in total. The van der Waals surface area contributed by atoms with Crippen molar-refractivity contribution in [3.8, 4) is 0 Å². The molecule has 2 aromatic rings. The molecule has 0 spiro atoms. The van der Waals surface area contributed by atoms with E-state index in [0.29, 0.717) is 34.7 Å². The van der Waals surface area contributed by atoms with Crippen LogP contribution in [-0.4, -0.2) is 11.7 Å². The summed E-state index contributed by atoms with van der Waals surface area (Å²) in [4.78, 5) is 23.9. The van der Waals surface area contributed by atoms with E-state index in [1.807, 2.05) is 6.07 Å². The molecule has 21 heavy (non-hydrogen) atoms. The minimum atomic E-state index is -0.153. The van der Waals surface area contributed by atoms with Gasteiger partial charge in [0.05, 0.1) is 5.02 Å². The lowest BCUT2D eigenvalue weighted by Gasteiger charge is -2.17. The van der Waals surface area contributed by atoms with Gasteiger partial charge in [-0.15, -0.1) is 0 Å². The van der Waals surface area contributed by atoms with Gasteiger partial charge in [0.15, 0.2) is 5.78 Å². The second-order valence-corrected chi connectivity index (χ2v) is 5.40. The summed E-state index contributed by atoms with van der Waals surface area (Å²) in [6.07, 6.45) is 1.07. The van der Waals surface area contributed by atoms with E-state index in [-0.39, 0.29) is 11.7 Å². The highest BCUT2D eigenvalue weighted by molar-refractivity contribution is 6.35. The van der Waals surface area contributed by atoms with Gasteiger partial charge < -0.3 is 11.1 Å². The zero-order chi connectivity index (χ0) is 15.0. The molecule has 0 fully saturated rings. The Hall–Kier alpha value is -2.33. The predicted molar refractivity (Wildman–Crippen MR) is 82.7 cm³/mol. The zero-order valence-electron chi connectivity index (χ0n) is 11.2. The Kier molecular flexibility index (Phi) is 3.39. The highest BCUT2D eigenvalue weighted by atomic mass is 35.5. The summed E-state index contributed by atoms with van der Waals surface area (Å²) >= 11 is 6.08. The number of carbonyl (C=O) groups excluding carboxylic acids is 2. The van der Waals surface area contributed by atoms with Crippen molar-refractivity contribution in [2.24, 2.45) is 0 Å². The van der Waals surface area contributed by atoms with E-state index >= 15 is 0 Å². The molecule has 106 valence electrons. The molecule has 1 amide bonds. The van der Waals surface area contributed by atoms with Crippen molar-refractivity contribution in [1.82, 2.24) is 0 Å². The first-order valence-corrected chi connectivity index (χ1v) is 6.95. The summed E-state index contributed by atoms with van der Waals surface area (Å²) < 4.78 is 0. The number of nitrogens with two attached hydrogens (primary N) is 1. The minimum Gasteiger partial charge on any atom is -0.399 e. The van der Waals surface area contributed by atoms with Crippen LogP contribution in [0.1, 0.15) is 27.9 Å². The van der Waals surface area contributed by atoms with Crippen LogP contribution >= 0.6 is 11.6 Å². The van der Waals surface area contributed by atoms with Gasteiger partial charge in [0.25, 0.3) is 0 Å². The number of nitrogens with one attached hydrogen (secondary N) is 1. The summed E-state index contributed by atoms with van der Waals surface area (Å²) in [5.41, 5.74) is 8.86. The lowest BCUT2D eigenvalue weighted by atomic mass is 9.96. The van der Waals surface area contributed by atoms with Gasteiger partial charge in [-0.05, 0) is 48.4 Å². The molecule has 0 aliphatic carbocycles. The van der Waals surface area contributed by atoms with Crippen LogP contribution in [0, 0.1) is 0 Å². The Bertz CT molecular complexity index is 756. The van der Waals surface area contributed by atoms with Crippen LogP contribution in [0.3, 0.4) is 0 Å². The van der Waals surface area contributed by atoms with Crippen LogP contribution < -0.4 is 11.1 Å². The average molecular weight is 301 g/mol. The van der Waals surface area contributed by atoms with E-state index in [4.69, 9.17) is 17.3 Å². The Balaban J connectivity index is 1.97. The number of ketones is 1. The number of amides is 1. The Labute approximate surface area is 126 Å². The molecule has 3 rings (SSSR count). The molecule has 0 radical (unpaired) electrons. The molecule has 1 aliphatic heterocycles. The molecular formula is C16H13ClN2O2. The van der Waals surface area contributed by atoms with Gasteiger partial charge in [0, 0.05) is 28.9 Å². The first kappa shape index (κ1) is 13.6. The van der Waals surface area contributed by atoms with E-state index in [9.17, 15) is 9.59 Å². The Morgan fingerprint density at radius 3 is 2.71 bits per heavy atom. The number of hydrogen-bond donors (Lipinski definition) is 2. The van der Waals surface area contributed by atoms with Gasteiger partial charge in [-0.3, -0.25) is 9.59 Å². The van der Waals surface area contributed by atoms with Crippen LogP contribution in [-0.2, 0) is 11.2 Å². The maximum atomic E-state index is 12.5. The number of nitrogen functional groups attached to an aromatic ring is 1. The molecule has 0 bridgehead atoms. The number of benzene rings is 2. The maximum absolute atomic E-state index is 12.5. The maximum Gasteiger partial charge on any atom is 0.224 e. The number of fused-ring (bicyclic) bond motifs is 1. The number of anilines is 2. The Morgan fingerprint density at radius 2 is 1.95 bits per heavy atom. The van der Waals surface area contributed by atoms with Gasteiger partial charge in [0.2, 0.25) is 5.91 Å². The van der Waals surface area contributed by atoms with Gasteiger partial charge in [-0.25, -0.2) is 0 Å². The molecule has 0 atom stereocenters. The molecule has 1 heterocycles. The molecule has 2 aromatic carbocycles. The quantitative estimate of drug-likeness (QED) is 0.661. The molecule has 3 N–H and O–H groups in total. The van der Waals surface area contributed by atoms with Crippen LogP contribution in [0.15, 0.2) is 36.4 Å². The normalized spacial score (nSPS) is 13.5. The second kappa shape index (κ2) is 5.22. The van der Waals surface area contributed by atoms with Crippen molar-refractivity contribution in [2.75, 3.05) is 11.1 Å². The monoisotopic (exact) mass is 300 g/mol. The van der Waals surface area contributed by atoms with Crippen LogP contribution in [0.4, 0.5) is 11.4 Å². The number of halogens is 1. The summed E-state index contributed by atoms with van der Waals surface area (Å²) in [6.45, 7) is 0. The molecule has 0 aromatic heterocycles. The number of carbonyl (C=O) groups is 2. The SMILES string of the molecule is Nc1ccc(C(=O)c2ccc3c(c2)CCC(=O)N3)c(Cl)c1. The predicted octanol–water partition coefficient (Wildman–Crippen LogP) is 3.04. The fourth-order valence-electron chi connectivity index (χ4n) is 2.40. The van der Waals surface area contributed by atoms with Crippen molar-refractivity contribution in [3.63, 3.8) is 0 Å². The van der Waals surface area contributed by atoms with Crippen molar-refractivity contribution >= 4 is 34.7 Å². The van der Waals surface area contributed by atoms with Crippen LogP contribution in [0.5, 0.6) is 0 Å². The van der Waals surface area contributed by atoms with E-state index in [1.54, 1.807) is 30.3 Å². The number of hydrogen-bond acceptors (Lipinski definition) is 3. The lowest BCUT2D eigenvalue weighted by Crippen LogP contribution is -2.19. The van der Waals surface area contributed by atoms with Crippen LogP contribution in [0.25, 0.3) is 0 Å². The third-order valence-electron chi connectivity index (χ3n) is 3.50. The van der Waals surface area contributed by atoms with Crippen molar-refractivity contribution in [1.29, 1.82) is 0 Å². The third-order valence-corrected chi connectivity index (χ3v) is 3.81. The van der Waals surface area contributed by atoms with Crippen molar-refractivity contribution in [3.05, 3.63) is 58.1 Å². The van der Waals surface area contributed by atoms with Crippen molar-refractivity contribution < 1.29 is 9.59 Å². The van der Waals surface area contributed by atoms with E-state index in [0.717, 1.165) is 11.3 Å². The molecule has 5 heteroatoms. The van der Waals surface area contributed by atoms with Gasteiger partial charge >= 0.3 is 0 Å². The number of rotatable bonds is 2. The summed E-state index contributed by atoms with van der Waals surface area (Å²) in [5.74, 6) is -0.150. The summed E-state index contributed by atoms with van der Waals surface area (Å²) in [6, 6.07) is 10.1. The van der Waals surface area contributed by atoms with Gasteiger partial charge in [-0.2, -0.15) is 0 Å². The van der Waals surface area contributed by atoms with Crippen molar-refractivity contribution in [2.45, 2.75) is 12.8 Å². The standard InChI is InChI=1S/C16H13ClN2O2/c17-13-8-11(18)3-4-12(13)16(21)10-1-5-14-9(7-10)2-6-15(20)19-14/h1,3-5,7-8H,2,6,18H2,(H,19,20). The largest absolute Gasteiger partial charge is 0.399 e. The number of aryl methyl sites for hydroxylation is 1. The summed E-state index contributed by atoms with van der Waals surface area (Å²) in [7, 11) is 0. The Morgan fingerprint density at radius 1 is 1.14 bits per heavy atom. The molecule has 0 saturated heterocycles. The average Bonchev–Trinajstić information content (AvgIpc) is 2.46. The van der Waals surface area contributed by atoms with E-state index in [2.05, 4.69) is 5.32 Å². The van der Waals surface area contributed by atoms with Crippen LogP contribution in [0.2, 0.25) is 5.02 Å². The van der Waals surface area contributed by atoms with E-state index in [1.165, 1.54) is 0 Å². The topological polar surface area (TPSA) is 72.2 Å². The van der Waals surface area contributed by atoms with E-state index < -0.39 is 0 Å². The second-order valence-electron chi connectivity index (χ2n) is 4.99. The summed E-state index contributed by atoms with van der Waals surface area (Å²) in [5, 5.41) is 3.13. The molecular weight excluding hydrogens is 288 g/mol. The zero-order valence-corrected chi connectivity index (χ0v) is 11.9. The first-order valence-electron chi connectivity index (χ1n) is 6.57. The van der Waals surface area contributed by atoms with Gasteiger partial charge in [0.1, 0.15) is 0 Å². The molecule has 0 saturated carbocycles.